The third kappa shape index (κ3) is 2.30. The van der Waals surface area contributed by atoms with Crippen LogP contribution in [0.1, 0.15) is 34.2 Å². The third-order valence-electron chi connectivity index (χ3n) is 3.74. The second-order valence-electron chi connectivity index (χ2n) is 4.95. The topological polar surface area (TPSA) is 58.3 Å². The molecule has 1 aliphatic rings. The molecule has 106 valence electrons. The highest BCUT2D eigenvalue weighted by molar-refractivity contribution is 5.92. The number of hydrogen-bond donors (Lipinski definition) is 0. The quantitative estimate of drug-likeness (QED) is 0.849. The molecule has 21 heavy (non-hydrogen) atoms. The van der Waals surface area contributed by atoms with Gasteiger partial charge in [0.15, 0.2) is 0 Å². The molecule has 3 rings (SSSR count). The molecule has 0 spiro atoms. The van der Waals surface area contributed by atoms with Crippen LogP contribution >= 0.6 is 0 Å². The van der Waals surface area contributed by atoms with Gasteiger partial charge >= 0.3 is 0 Å². The summed E-state index contributed by atoms with van der Waals surface area (Å²) in [6.45, 7) is 0.515. The molecule has 1 aromatic carbocycles. The van der Waals surface area contributed by atoms with Crippen LogP contribution in [0.15, 0.2) is 42.5 Å². The summed E-state index contributed by atoms with van der Waals surface area (Å²) < 4.78 is 1.59. The number of rotatable bonds is 2. The zero-order valence-corrected chi connectivity index (χ0v) is 11.7. The summed E-state index contributed by atoms with van der Waals surface area (Å²) >= 11 is 0. The summed E-state index contributed by atoms with van der Waals surface area (Å²) in [7, 11) is 1.71. The van der Waals surface area contributed by atoms with Crippen molar-refractivity contribution < 1.29 is 9.63 Å². The second kappa shape index (κ2) is 5.43. The van der Waals surface area contributed by atoms with E-state index in [0.717, 1.165) is 12.0 Å². The van der Waals surface area contributed by atoms with Crippen LogP contribution in [0.2, 0.25) is 0 Å². The molecule has 0 saturated carbocycles. The van der Waals surface area contributed by atoms with Gasteiger partial charge in [0.05, 0.1) is 12.6 Å². The molecule has 1 fully saturated rings. The number of nitriles is 1. The lowest BCUT2D eigenvalue weighted by Gasteiger charge is -2.23. The van der Waals surface area contributed by atoms with E-state index in [1.807, 2.05) is 30.3 Å². The van der Waals surface area contributed by atoms with Crippen LogP contribution in [0.4, 0.5) is 0 Å². The van der Waals surface area contributed by atoms with Crippen LogP contribution in [-0.4, -0.2) is 22.1 Å². The number of hydrogen-bond acceptors (Lipinski definition) is 3. The Morgan fingerprint density at radius 3 is 2.71 bits per heavy atom. The van der Waals surface area contributed by atoms with Crippen molar-refractivity contribution in [2.24, 2.45) is 7.05 Å². The number of nitrogens with zero attached hydrogens (tertiary/aromatic N) is 3. The fourth-order valence-corrected chi connectivity index (χ4v) is 2.60. The van der Waals surface area contributed by atoms with Crippen molar-refractivity contribution in [3.05, 3.63) is 59.4 Å². The minimum absolute atomic E-state index is 0.0841. The highest BCUT2D eigenvalue weighted by Crippen LogP contribution is 2.31. The van der Waals surface area contributed by atoms with Crippen LogP contribution in [-0.2, 0) is 11.9 Å². The van der Waals surface area contributed by atoms with E-state index in [1.54, 1.807) is 23.7 Å². The number of amides is 1. The van der Waals surface area contributed by atoms with Gasteiger partial charge in [0.25, 0.3) is 5.91 Å². The van der Waals surface area contributed by atoms with Crippen LogP contribution in [0.25, 0.3) is 0 Å². The Balaban J connectivity index is 1.90. The highest BCUT2D eigenvalue weighted by Gasteiger charge is 2.33. The normalized spacial score (nSPS) is 17.7. The molecule has 1 atom stereocenters. The van der Waals surface area contributed by atoms with Crippen molar-refractivity contribution in [1.29, 1.82) is 5.26 Å². The Labute approximate surface area is 122 Å². The van der Waals surface area contributed by atoms with E-state index < -0.39 is 0 Å². The van der Waals surface area contributed by atoms with Gasteiger partial charge in [-0.05, 0) is 17.7 Å². The standard InChI is InChI=1S/C16H15N3O2/c1-18-13(11-17)7-8-15(18)16(20)19-14(9-10-21-19)12-5-3-2-4-6-12/h2-8,14H,9-10H2,1H3. The Bertz CT molecular complexity index is 700. The summed E-state index contributed by atoms with van der Waals surface area (Å²) in [6.07, 6.45) is 0.769. The minimum atomic E-state index is -0.217. The molecule has 1 aliphatic heterocycles. The molecular formula is C16H15N3O2. The van der Waals surface area contributed by atoms with Crippen molar-refractivity contribution in [2.45, 2.75) is 12.5 Å². The van der Waals surface area contributed by atoms with Gasteiger partial charge in [0.2, 0.25) is 0 Å². The smallest absolute Gasteiger partial charge is 0.294 e. The van der Waals surface area contributed by atoms with Gasteiger partial charge < -0.3 is 4.57 Å². The molecule has 5 nitrogen and oxygen atoms in total. The van der Waals surface area contributed by atoms with Gasteiger partial charge in [-0.1, -0.05) is 30.3 Å². The van der Waals surface area contributed by atoms with Crippen LogP contribution in [0.5, 0.6) is 0 Å². The van der Waals surface area contributed by atoms with Crippen molar-refractivity contribution in [1.82, 2.24) is 9.63 Å². The average Bonchev–Trinajstić information content (AvgIpc) is 3.14. The predicted octanol–water partition coefficient (Wildman–Crippen LogP) is 2.42. The molecule has 0 radical (unpaired) electrons. The summed E-state index contributed by atoms with van der Waals surface area (Å²) in [4.78, 5) is 18.2. The molecule has 0 bridgehead atoms. The highest BCUT2D eigenvalue weighted by atomic mass is 16.7. The maximum atomic E-state index is 12.7. The van der Waals surface area contributed by atoms with Gasteiger partial charge in [-0.15, -0.1) is 0 Å². The number of aromatic nitrogens is 1. The average molecular weight is 281 g/mol. The summed E-state index contributed by atoms with van der Waals surface area (Å²) in [5, 5.41) is 10.4. The first-order valence-electron chi connectivity index (χ1n) is 6.79. The van der Waals surface area contributed by atoms with Gasteiger partial charge in [-0.25, -0.2) is 5.06 Å². The molecule has 1 aromatic heterocycles. The lowest BCUT2D eigenvalue weighted by molar-refractivity contribution is -0.0970. The Morgan fingerprint density at radius 2 is 2.05 bits per heavy atom. The number of carbonyl (C=O) groups excluding carboxylic acids is 1. The first-order chi connectivity index (χ1) is 10.2. The maximum absolute atomic E-state index is 12.7. The molecule has 1 unspecified atom stereocenters. The molecular weight excluding hydrogens is 266 g/mol. The lowest BCUT2D eigenvalue weighted by atomic mass is 10.0. The van der Waals surface area contributed by atoms with E-state index in [4.69, 9.17) is 10.1 Å². The fraction of sp³-hybridized carbons (Fsp3) is 0.250. The monoisotopic (exact) mass is 281 g/mol. The van der Waals surface area contributed by atoms with Crippen LogP contribution in [0, 0.1) is 11.3 Å². The Kier molecular flexibility index (Phi) is 3.46. The third-order valence-corrected chi connectivity index (χ3v) is 3.74. The molecule has 0 aliphatic carbocycles. The maximum Gasteiger partial charge on any atom is 0.294 e. The minimum Gasteiger partial charge on any atom is -0.331 e. The van der Waals surface area contributed by atoms with Crippen LogP contribution < -0.4 is 0 Å². The van der Waals surface area contributed by atoms with Gasteiger partial charge in [0, 0.05) is 13.5 Å². The van der Waals surface area contributed by atoms with Crippen LogP contribution in [0.3, 0.4) is 0 Å². The second-order valence-corrected chi connectivity index (χ2v) is 4.95. The van der Waals surface area contributed by atoms with Gasteiger partial charge in [-0.2, -0.15) is 5.26 Å². The largest absolute Gasteiger partial charge is 0.331 e. The molecule has 1 saturated heterocycles. The molecule has 2 heterocycles. The van der Waals surface area contributed by atoms with E-state index >= 15 is 0 Å². The first-order valence-corrected chi connectivity index (χ1v) is 6.79. The van der Waals surface area contributed by atoms with E-state index in [1.165, 1.54) is 5.06 Å². The SMILES string of the molecule is Cn1c(C#N)ccc1C(=O)N1OCCC1c1ccccc1. The van der Waals surface area contributed by atoms with E-state index in [0.29, 0.717) is 18.0 Å². The molecule has 1 amide bonds. The zero-order chi connectivity index (χ0) is 14.8. The number of carbonyl (C=O) groups is 1. The van der Waals surface area contributed by atoms with Gasteiger partial charge in [0.1, 0.15) is 17.5 Å². The Hall–Kier alpha value is -2.58. The van der Waals surface area contributed by atoms with Gasteiger partial charge in [-0.3, -0.25) is 9.63 Å². The van der Waals surface area contributed by atoms with Crippen molar-refractivity contribution >= 4 is 5.91 Å². The molecule has 5 heteroatoms. The van der Waals surface area contributed by atoms with E-state index in [2.05, 4.69) is 6.07 Å². The number of hydroxylamine groups is 2. The lowest BCUT2D eigenvalue weighted by Crippen LogP contribution is -2.31. The molecule has 0 N–H and O–H groups in total. The summed E-state index contributed by atoms with van der Waals surface area (Å²) in [5.74, 6) is -0.217. The zero-order valence-electron chi connectivity index (χ0n) is 11.7. The molecule has 2 aromatic rings. The van der Waals surface area contributed by atoms with E-state index in [-0.39, 0.29) is 11.9 Å². The van der Waals surface area contributed by atoms with Crippen molar-refractivity contribution in [3.8, 4) is 6.07 Å². The summed E-state index contributed by atoms with van der Waals surface area (Å²) in [5.41, 5.74) is 1.96. The summed E-state index contributed by atoms with van der Waals surface area (Å²) in [6, 6.07) is 15.1. The number of benzene rings is 1. The Morgan fingerprint density at radius 1 is 1.29 bits per heavy atom. The van der Waals surface area contributed by atoms with Crippen molar-refractivity contribution in [3.63, 3.8) is 0 Å². The predicted molar refractivity (Wildman–Crippen MR) is 76.0 cm³/mol. The van der Waals surface area contributed by atoms with E-state index in [9.17, 15) is 4.79 Å². The van der Waals surface area contributed by atoms with Crippen molar-refractivity contribution in [2.75, 3.05) is 6.61 Å². The fourth-order valence-electron chi connectivity index (χ4n) is 2.60. The first kappa shape index (κ1) is 13.4.